The van der Waals surface area contributed by atoms with Gasteiger partial charge in [0.2, 0.25) is 5.89 Å². The quantitative estimate of drug-likeness (QED) is 0.748. The zero-order chi connectivity index (χ0) is 9.42. The molecular formula is C9H14N2OS. The molecule has 3 unspecified atom stereocenters. The van der Waals surface area contributed by atoms with Crippen LogP contribution in [0.25, 0.3) is 0 Å². The van der Waals surface area contributed by atoms with Gasteiger partial charge >= 0.3 is 0 Å². The molecule has 0 spiro atoms. The minimum absolute atomic E-state index is 0.315. The van der Waals surface area contributed by atoms with Gasteiger partial charge < -0.3 is 4.52 Å². The largest absolute Gasteiger partial charge is 0.338 e. The minimum Gasteiger partial charge on any atom is -0.338 e. The SMILES string of the molecule is CSC(C)c1nc(C2CC2C)no1. The fraction of sp³-hybridized carbons (Fsp3) is 0.778. The van der Waals surface area contributed by atoms with E-state index < -0.39 is 0 Å². The second-order valence-electron chi connectivity index (χ2n) is 3.69. The first-order chi connectivity index (χ1) is 6.22. The van der Waals surface area contributed by atoms with Crippen LogP contribution in [0.15, 0.2) is 4.52 Å². The third kappa shape index (κ3) is 1.73. The Morgan fingerprint density at radius 2 is 2.31 bits per heavy atom. The van der Waals surface area contributed by atoms with Gasteiger partial charge in [0.15, 0.2) is 5.82 Å². The maximum absolute atomic E-state index is 5.18. The molecule has 0 bridgehead atoms. The molecule has 2 rings (SSSR count). The third-order valence-electron chi connectivity index (χ3n) is 2.60. The lowest BCUT2D eigenvalue weighted by molar-refractivity contribution is 0.374. The standard InChI is InChI=1S/C9H14N2OS/c1-5-4-7(5)8-10-9(12-11-8)6(2)13-3/h5-7H,4H2,1-3H3. The van der Waals surface area contributed by atoms with Crippen molar-refractivity contribution in [2.24, 2.45) is 5.92 Å². The van der Waals surface area contributed by atoms with Gasteiger partial charge in [-0.05, 0) is 25.5 Å². The third-order valence-corrected chi connectivity index (χ3v) is 3.51. The van der Waals surface area contributed by atoms with Crippen LogP contribution in [-0.4, -0.2) is 16.4 Å². The number of hydrogen-bond donors (Lipinski definition) is 0. The van der Waals surface area contributed by atoms with E-state index in [9.17, 15) is 0 Å². The smallest absolute Gasteiger partial charge is 0.239 e. The van der Waals surface area contributed by atoms with Crippen LogP contribution in [0.5, 0.6) is 0 Å². The highest BCUT2D eigenvalue weighted by atomic mass is 32.2. The maximum atomic E-state index is 5.18. The summed E-state index contributed by atoms with van der Waals surface area (Å²) in [6, 6.07) is 0. The maximum Gasteiger partial charge on any atom is 0.239 e. The van der Waals surface area contributed by atoms with Crippen LogP contribution in [0.4, 0.5) is 0 Å². The summed E-state index contributed by atoms with van der Waals surface area (Å²) in [6.07, 6.45) is 3.26. The normalized spacial score (nSPS) is 28.8. The number of rotatable bonds is 3. The number of thioether (sulfide) groups is 1. The monoisotopic (exact) mass is 198 g/mol. The molecule has 1 aliphatic rings. The van der Waals surface area contributed by atoms with Crippen molar-refractivity contribution in [1.29, 1.82) is 0 Å². The van der Waals surface area contributed by atoms with Gasteiger partial charge in [0.25, 0.3) is 0 Å². The highest BCUT2D eigenvalue weighted by molar-refractivity contribution is 7.98. The van der Waals surface area contributed by atoms with Crippen LogP contribution in [0, 0.1) is 5.92 Å². The molecule has 3 atom stereocenters. The number of hydrogen-bond acceptors (Lipinski definition) is 4. The first kappa shape index (κ1) is 9.06. The summed E-state index contributed by atoms with van der Waals surface area (Å²) in [7, 11) is 0. The molecule has 0 radical (unpaired) electrons. The van der Waals surface area contributed by atoms with Gasteiger partial charge in [-0.3, -0.25) is 0 Å². The summed E-state index contributed by atoms with van der Waals surface area (Å²) in [5.41, 5.74) is 0. The lowest BCUT2D eigenvalue weighted by Crippen LogP contribution is -1.89. The molecule has 3 nitrogen and oxygen atoms in total. The Hall–Kier alpha value is -0.510. The minimum atomic E-state index is 0.315. The molecule has 72 valence electrons. The second-order valence-corrected chi connectivity index (χ2v) is 4.87. The topological polar surface area (TPSA) is 38.9 Å². The summed E-state index contributed by atoms with van der Waals surface area (Å²) in [5.74, 6) is 2.98. The van der Waals surface area contributed by atoms with Gasteiger partial charge in [-0.1, -0.05) is 12.1 Å². The zero-order valence-corrected chi connectivity index (χ0v) is 8.97. The molecule has 0 amide bonds. The molecular weight excluding hydrogens is 184 g/mol. The van der Waals surface area contributed by atoms with Crippen LogP contribution >= 0.6 is 11.8 Å². The summed E-state index contributed by atoms with van der Waals surface area (Å²) in [6.45, 7) is 4.30. The van der Waals surface area contributed by atoms with Gasteiger partial charge in [0.1, 0.15) is 0 Å². The van der Waals surface area contributed by atoms with Crippen molar-refractivity contribution in [3.05, 3.63) is 11.7 Å². The molecule has 1 aliphatic carbocycles. The van der Waals surface area contributed by atoms with Crippen LogP contribution in [0.2, 0.25) is 0 Å². The first-order valence-corrected chi connectivity index (χ1v) is 5.87. The van der Waals surface area contributed by atoms with Crippen molar-refractivity contribution in [3.8, 4) is 0 Å². The first-order valence-electron chi connectivity index (χ1n) is 4.58. The van der Waals surface area contributed by atoms with Gasteiger partial charge in [-0.25, -0.2) is 0 Å². The van der Waals surface area contributed by atoms with Crippen LogP contribution in [0.1, 0.15) is 43.2 Å². The second kappa shape index (κ2) is 3.33. The van der Waals surface area contributed by atoms with E-state index in [1.165, 1.54) is 6.42 Å². The van der Waals surface area contributed by atoms with Gasteiger partial charge in [0.05, 0.1) is 5.25 Å². The molecule has 1 aromatic rings. The number of aromatic nitrogens is 2. The summed E-state index contributed by atoms with van der Waals surface area (Å²) < 4.78 is 5.18. The molecule has 13 heavy (non-hydrogen) atoms. The van der Waals surface area contributed by atoms with E-state index in [0.29, 0.717) is 11.2 Å². The van der Waals surface area contributed by atoms with Crippen LogP contribution in [-0.2, 0) is 0 Å². The Morgan fingerprint density at radius 3 is 2.85 bits per heavy atom. The summed E-state index contributed by atoms with van der Waals surface area (Å²) in [4.78, 5) is 4.39. The highest BCUT2D eigenvalue weighted by Gasteiger charge is 2.38. The molecule has 1 aromatic heterocycles. The molecule has 0 aromatic carbocycles. The van der Waals surface area contributed by atoms with E-state index in [1.54, 1.807) is 11.8 Å². The molecule has 0 N–H and O–H groups in total. The van der Waals surface area contributed by atoms with Crippen LogP contribution < -0.4 is 0 Å². The van der Waals surface area contributed by atoms with Gasteiger partial charge in [-0.15, -0.1) is 0 Å². The fourth-order valence-electron chi connectivity index (χ4n) is 1.35. The molecule has 0 aliphatic heterocycles. The van der Waals surface area contributed by atoms with Crippen molar-refractivity contribution in [3.63, 3.8) is 0 Å². The molecule has 1 fully saturated rings. The predicted molar refractivity (Wildman–Crippen MR) is 52.8 cm³/mol. The number of nitrogens with zero attached hydrogens (tertiary/aromatic N) is 2. The van der Waals surface area contributed by atoms with E-state index in [1.807, 2.05) is 6.26 Å². The molecule has 1 saturated carbocycles. The Kier molecular flexibility index (Phi) is 2.32. The average Bonchev–Trinajstić information content (AvgIpc) is 2.70. The fourth-order valence-corrected chi connectivity index (χ4v) is 1.64. The lowest BCUT2D eigenvalue weighted by atomic mass is 10.3. The van der Waals surface area contributed by atoms with Crippen molar-refractivity contribution >= 4 is 11.8 Å². The van der Waals surface area contributed by atoms with E-state index in [-0.39, 0.29) is 0 Å². The Morgan fingerprint density at radius 1 is 1.62 bits per heavy atom. The van der Waals surface area contributed by atoms with Crippen LogP contribution in [0.3, 0.4) is 0 Å². The summed E-state index contributed by atoms with van der Waals surface area (Å²) >= 11 is 1.73. The van der Waals surface area contributed by atoms with Gasteiger partial charge in [-0.2, -0.15) is 16.7 Å². The van der Waals surface area contributed by atoms with E-state index in [2.05, 4.69) is 24.0 Å². The van der Waals surface area contributed by atoms with E-state index in [4.69, 9.17) is 4.52 Å². The summed E-state index contributed by atoms with van der Waals surface area (Å²) in [5, 5.41) is 4.31. The van der Waals surface area contributed by atoms with Crippen molar-refractivity contribution in [1.82, 2.24) is 10.1 Å². The highest BCUT2D eigenvalue weighted by Crippen LogP contribution is 2.45. The Labute approximate surface area is 82.3 Å². The van der Waals surface area contributed by atoms with Crippen molar-refractivity contribution in [2.45, 2.75) is 31.4 Å². The van der Waals surface area contributed by atoms with E-state index >= 15 is 0 Å². The Balaban J connectivity index is 2.09. The van der Waals surface area contributed by atoms with Crippen molar-refractivity contribution < 1.29 is 4.52 Å². The average molecular weight is 198 g/mol. The Bertz CT molecular complexity index is 281. The predicted octanol–water partition coefficient (Wildman–Crippen LogP) is 2.62. The van der Waals surface area contributed by atoms with Crippen molar-refractivity contribution in [2.75, 3.05) is 6.26 Å². The van der Waals surface area contributed by atoms with E-state index in [0.717, 1.165) is 17.6 Å². The molecule has 1 heterocycles. The lowest BCUT2D eigenvalue weighted by Gasteiger charge is -1.98. The molecule has 4 heteroatoms. The zero-order valence-electron chi connectivity index (χ0n) is 8.15. The van der Waals surface area contributed by atoms with Gasteiger partial charge in [0, 0.05) is 5.92 Å². The molecule has 0 saturated heterocycles.